The van der Waals surface area contributed by atoms with Gasteiger partial charge in [-0.05, 0) is 37.6 Å². The predicted molar refractivity (Wildman–Crippen MR) is 76.2 cm³/mol. The largest absolute Gasteiger partial charge is 0.497 e. The van der Waals surface area contributed by atoms with Crippen molar-refractivity contribution in [2.45, 2.75) is 20.4 Å². The summed E-state index contributed by atoms with van der Waals surface area (Å²) in [6.07, 6.45) is 0. The Labute approximate surface area is 113 Å². The second-order valence-electron chi connectivity index (χ2n) is 4.47. The monoisotopic (exact) mass is 260 g/mol. The van der Waals surface area contributed by atoms with Gasteiger partial charge < -0.3 is 19.8 Å². The molecule has 0 saturated carbocycles. The number of hydrogen-bond donors (Lipinski definition) is 1. The van der Waals surface area contributed by atoms with Crippen molar-refractivity contribution < 1.29 is 9.47 Å². The first kappa shape index (κ1) is 13.5. The third-order valence-corrected chi connectivity index (χ3v) is 3.38. The van der Waals surface area contributed by atoms with Gasteiger partial charge in [0.1, 0.15) is 11.5 Å². The number of methoxy groups -OCH3 is 2. The highest BCUT2D eigenvalue weighted by atomic mass is 16.5. The Morgan fingerprint density at radius 1 is 1.11 bits per heavy atom. The van der Waals surface area contributed by atoms with Gasteiger partial charge in [0, 0.05) is 24.0 Å². The number of nitrogens with zero attached hydrogens (tertiary/aromatic N) is 1. The van der Waals surface area contributed by atoms with Gasteiger partial charge >= 0.3 is 0 Å². The zero-order valence-electron chi connectivity index (χ0n) is 11.9. The van der Waals surface area contributed by atoms with Crippen LogP contribution in [-0.4, -0.2) is 18.8 Å². The Kier molecular flexibility index (Phi) is 3.81. The molecule has 0 spiro atoms. The topological polar surface area (TPSA) is 49.4 Å². The first-order chi connectivity index (χ1) is 9.12. The van der Waals surface area contributed by atoms with Crippen molar-refractivity contribution in [3.63, 3.8) is 0 Å². The molecule has 0 atom stereocenters. The number of ether oxygens (including phenoxy) is 2. The second kappa shape index (κ2) is 5.36. The van der Waals surface area contributed by atoms with E-state index in [4.69, 9.17) is 15.2 Å². The number of benzene rings is 1. The normalized spacial score (nSPS) is 10.6. The summed E-state index contributed by atoms with van der Waals surface area (Å²) >= 11 is 0. The molecule has 0 bridgehead atoms. The van der Waals surface area contributed by atoms with Gasteiger partial charge in [0.2, 0.25) is 0 Å². The van der Waals surface area contributed by atoms with Crippen molar-refractivity contribution in [3.8, 4) is 17.2 Å². The van der Waals surface area contributed by atoms with Crippen LogP contribution in [0.3, 0.4) is 0 Å². The molecule has 0 amide bonds. The first-order valence-corrected chi connectivity index (χ1v) is 6.22. The molecule has 102 valence electrons. The maximum absolute atomic E-state index is 5.77. The van der Waals surface area contributed by atoms with Crippen molar-refractivity contribution >= 4 is 0 Å². The van der Waals surface area contributed by atoms with E-state index in [1.165, 1.54) is 0 Å². The average molecular weight is 260 g/mol. The maximum atomic E-state index is 5.77. The van der Waals surface area contributed by atoms with Gasteiger partial charge in [-0.2, -0.15) is 0 Å². The van der Waals surface area contributed by atoms with Crippen molar-refractivity contribution in [1.29, 1.82) is 0 Å². The van der Waals surface area contributed by atoms with Crippen LogP contribution in [0.15, 0.2) is 24.3 Å². The highest BCUT2D eigenvalue weighted by Gasteiger charge is 2.14. The quantitative estimate of drug-likeness (QED) is 0.919. The number of hydrogen-bond acceptors (Lipinski definition) is 3. The van der Waals surface area contributed by atoms with E-state index in [0.29, 0.717) is 6.54 Å². The number of aryl methyl sites for hydroxylation is 1. The van der Waals surface area contributed by atoms with E-state index >= 15 is 0 Å². The summed E-state index contributed by atoms with van der Waals surface area (Å²) in [4.78, 5) is 0. The van der Waals surface area contributed by atoms with Crippen molar-refractivity contribution in [2.24, 2.45) is 5.73 Å². The summed E-state index contributed by atoms with van der Waals surface area (Å²) in [5.41, 5.74) is 10.1. The lowest BCUT2D eigenvalue weighted by Gasteiger charge is -2.15. The summed E-state index contributed by atoms with van der Waals surface area (Å²) in [5.74, 6) is 1.61. The molecule has 0 radical (unpaired) electrons. The lowest BCUT2D eigenvalue weighted by Crippen LogP contribution is -2.04. The van der Waals surface area contributed by atoms with Crippen LogP contribution in [-0.2, 0) is 6.54 Å². The fraction of sp³-hybridized carbons (Fsp3) is 0.333. The predicted octanol–water partition coefficient (Wildman–Crippen LogP) is 2.57. The van der Waals surface area contributed by atoms with Crippen LogP contribution in [0, 0.1) is 13.8 Å². The molecule has 0 aliphatic heterocycles. The Bertz CT molecular complexity index is 588. The van der Waals surface area contributed by atoms with E-state index < -0.39 is 0 Å². The van der Waals surface area contributed by atoms with Crippen LogP contribution < -0.4 is 15.2 Å². The van der Waals surface area contributed by atoms with Gasteiger partial charge in [-0.3, -0.25) is 0 Å². The van der Waals surface area contributed by atoms with Crippen LogP contribution in [0.4, 0.5) is 0 Å². The highest BCUT2D eigenvalue weighted by Crippen LogP contribution is 2.31. The summed E-state index contributed by atoms with van der Waals surface area (Å²) in [6.45, 7) is 4.66. The average Bonchev–Trinajstić information content (AvgIpc) is 2.72. The number of aromatic nitrogens is 1. The van der Waals surface area contributed by atoms with Crippen LogP contribution in [0.5, 0.6) is 11.5 Å². The van der Waals surface area contributed by atoms with E-state index in [0.717, 1.165) is 34.1 Å². The molecule has 0 saturated heterocycles. The molecule has 1 heterocycles. The Morgan fingerprint density at radius 3 is 2.37 bits per heavy atom. The third kappa shape index (κ3) is 2.31. The van der Waals surface area contributed by atoms with E-state index in [-0.39, 0.29) is 0 Å². The third-order valence-electron chi connectivity index (χ3n) is 3.38. The van der Waals surface area contributed by atoms with Crippen molar-refractivity contribution in [2.75, 3.05) is 14.2 Å². The van der Waals surface area contributed by atoms with Crippen molar-refractivity contribution in [1.82, 2.24) is 4.57 Å². The van der Waals surface area contributed by atoms with Crippen LogP contribution >= 0.6 is 0 Å². The number of nitrogens with two attached hydrogens (primary N) is 1. The number of rotatable bonds is 4. The van der Waals surface area contributed by atoms with Crippen LogP contribution in [0.1, 0.15) is 17.0 Å². The van der Waals surface area contributed by atoms with Gasteiger partial charge in [-0.15, -0.1) is 0 Å². The van der Waals surface area contributed by atoms with Gasteiger partial charge in [0.15, 0.2) is 0 Å². The van der Waals surface area contributed by atoms with Gasteiger partial charge in [0.05, 0.1) is 19.9 Å². The molecule has 4 heteroatoms. The molecule has 2 aromatic rings. The lowest BCUT2D eigenvalue weighted by atomic mass is 10.2. The Balaban J connectivity index is 2.66. The van der Waals surface area contributed by atoms with Crippen LogP contribution in [0.2, 0.25) is 0 Å². The zero-order valence-corrected chi connectivity index (χ0v) is 11.9. The summed E-state index contributed by atoms with van der Waals surface area (Å²) in [7, 11) is 3.33. The molecule has 4 nitrogen and oxygen atoms in total. The van der Waals surface area contributed by atoms with E-state index in [1.54, 1.807) is 14.2 Å². The SMILES string of the molecule is COc1ccc(OC)c(-n2c(C)cc(CN)c2C)c1. The molecule has 19 heavy (non-hydrogen) atoms. The van der Waals surface area contributed by atoms with Gasteiger partial charge in [0.25, 0.3) is 0 Å². The fourth-order valence-electron chi connectivity index (χ4n) is 2.38. The minimum Gasteiger partial charge on any atom is -0.497 e. The maximum Gasteiger partial charge on any atom is 0.143 e. The molecule has 2 N–H and O–H groups in total. The minimum atomic E-state index is 0.534. The molecule has 0 aliphatic carbocycles. The molecule has 0 fully saturated rings. The second-order valence-corrected chi connectivity index (χ2v) is 4.47. The first-order valence-electron chi connectivity index (χ1n) is 6.22. The van der Waals surface area contributed by atoms with Gasteiger partial charge in [-0.1, -0.05) is 0 Å². The molecule has 2 rings (SSSR count). The summed E-state index contributed by atoms with van der Waals surface area (Å²) in [6, 6.07) is 7.88. The lowest BCUT2D eigenvalue weighted by molar-refractivity contribution is 0.401. The summed E-state index contributed by atoms with van der Waals surface area (Å²) < 4.78 is 12.9. The van der Waals surface area contributed by atoms with Crippen molar-refractivity contribution in [3.05, 3.63) is 41.2 Å². The Morgan fingerprint density at radius 2 is 1.84 bits per heavy atom. The Hall–Kier alpha value is -1.94. The standard InChI is InChI=1S/C15H20N2O2/c1-10-7-12(9-16)11(2)17(10)14-8-13(18-3)5-6-15(14)19-4/h5-8H,9,16H2,1-4H3. The molecule has 1 aromatic carbocycles. The zero-order chi connectivity index (χ0) is 14.0. The minimum absolute atomic E-state index is 0.534. The van der Waals surface area contributed by atoms with Crippen LogP contribution in [0.25, 0.3) is 5.69 Å². The molecule has 0 unspecified atom stereocenters. The van der Waals surface area contributed by atoms with E-state index in [9.17, 15) is 0 Å². The van der Waals surface area contributed by atoms with E-state index in [1.807, 2.05) is 18.2 Å². The molecule has 1 aromatic heterocycles. The molecular formula is C15H20N2O2. The smallest absolute Gasteiger partial charge is 0.143 e. The molecule has 0 aliphatic rings. The summed E-state index contributed by atoms with van der Waals surface area (Å²) in [5, 5.41) is 0. The van der Waals surface area contributed by atoms with E-state index in [2.05, 4.69) is 24.5 Å². The molecular weight excluding hydrogens is 240 g/mol. The highest BCUT2D eigenvalue weighted by molar-refractivity contribution is 5.54. The van der Waals surface area contributed by atoms with Gasteiger partial charge in [-0.25, -0.2) is 0 Å². The fourth-order valence-corrected chi connectivity index (χ4v) is 2.38.